The molecule has 6 rings (SSSR count). The number of aromatic nitrogens is 3. The van der Waals surface area contributed by atoms with Crippen LogP contribution in [0.15, 0.2) is 84.0 Å². The van der Waals surface area contributed by atoms with Gasteiger partial charge in [0.2, 0.25) is 15.9 Å². The number of nitrogens with zero attached hydrogens (tertiary/aromatic N) is 3. The Labute approximate surface area is 228 Å². The summed E-state index contributed by atoms with van der Waals surface area (Å²) in [6, 6.07) is 19.0. The van der Waals surface area contributed by atoms with Crippen molar-refractivity contribution >= 4 is 54.7 Å². The number of primary sulfonamides is 1. The zero-order valence-corrected chi connectivity index (χ0v) is 22.2. The Balaban J connectivity index is 1.30. The van der Waals surface area contributed by atoms with Crippen molar-refractivity contribution < 1.29 is 13.2 Å². The van der Waals surface area contributed by atoms with Gasteiger partial charge in [-0.1, -0.05) is 30.3 Å². The van der Waals surface area contributed by atoms with Gasteiger partial charge in [0.15, 0.2) is 0 Å². The minimum absolute atomic E-state index is 0.0445. The fraction of sp³-hybridized carbons (Fsp3) is 0.148. The quantitative estimate of drug-likeness (QED) is 0.245. The molecule has 0 bridgehead atoms. The van der Waals surface area contributed by atoms with E-state index in [1.165, 1.54) is 17.6 Å². The first-order chi connectivity index (χ1) is 18.8. The number of benzene rings is 3. The lowest BCUT2D eigenvalue weighted by Crippen LogP contribution is -2.42. The van der Waals surface area contributed by atoms with E-state index < -0.39 is 16.1 Å². The maximum absolute atomic E-state index is 13.8. The Bertz CT molecular complexity index is 1770. The SMILES string of the molecule is Nc1nsc2ccc(N3CCC(c4ncc[nH]4)C3C(=O)Nc3ccc(-c4ccccc4S(N)(=O)=O)cc3)cc12. The highest BCUT2D eigenvalue weighted by atomic mass is 32.2. The molecule has 3 heterocycles. The van der Waals surface area contributed by atoms with Gasteiger partial charge in [0.25, 0.3) is 0 Å². The number of H-pyrrole nitrogens is 1. The molecular formula is C27H25N7O3S2. The molecule has 1 amide bonds. The van der Waals surface area contributed by atoms with Gasteiger partial charge >= 0.3 is 0 Å². The van der Waals surface area contributed by atoms with E-state index in [0.29, 0.717) is 29.2 Å². The molecular weight excluding hydrogens is 534 g/mol. The van der Waals surface area contributed by atoms with Crippen LogP contribution >= 0.6 is 11.5 Å². The number of nitrogens with one attached hydrogen (secondary N) is 2. The number of carbonyl (C=O) groups excluding carboxylic acids is 1. The first-order valence-corrected chi connectivity index (χ1v) is 14.6. The third-order valence-corrected chi connectivity index (χ3v) is 8.82. The lowest BCUT2D eigenvalue weighted by Gasteiger charge is -2.28. The zero-order valence-electron chi connectivity index (χ0n) is 20.6. The van der Waals surface area contributed by atoms with Crippen LogP contribution < -0.4 is 21.1 Å². The monoisotopic (exact) mass is 559 g/mol. The predicted molar refractivity (Wildman–Crippen MR) is 153 cm³/mol. The van der Waals surface area contributed by atoms with Crippen LogP contribution in [-0.2, 0) is 14.8 Å². The molecule has 0 spiro atoms. The van der Waals surface area contributed by atoms with E-state index in [2.05, 4.69) is 24.6 Å². The molecule has 10 nitrogen and oxygen atoms in total. The Kier molecular flexibility index (Phi) is 6.29. The second-order valence-corrected chi connectivity index (χ2v) is 11.7. The van der Waals surface area contributed by atoms with Crippen LogP contribution in [-0.4, -0.2) is 41.3 Å². The molecule has 1 saturated heterocycles. The number of hydrogen-bond acceptors (Lipinski definition) is 8. The standard InChI is InChI=1S/C27H25N7O3S2/c28-25-21-15-18(9-10-22(21)38-33-25)34-14-11-20(26-30-12-13-31-26)24(34)27(35)32-17-7-5-16(6-8-17)19-3-1-2-4-23(19)39(29,36)37/h1-10,12-13,15,20,24H,11,14H2,(H2,28,33)(H,30,31)(H,32,35)(H2,29,36,37). The van der Waals surface area contributed by atoms with Crippen molar-refractivity contribution in [2.75, 3.05) is 22.5 Å². The van der Waals surface area contributed by atoms with Crippen molar-refractivity contribution in [2.24, 2.45) is 5.14 Å². The highest BCUT2D eigenvalue weighted by molar-refractivity contribution is 7.89. The van der Waals surface area contributed by atoms with E-state index in [4.69, 9.17) is 10.9 Å². The van der Waals surface area contributed by atoms with Gasteiger partial charge in [0, 0.05) is 47.2 Å². The number of anilines is 3. The number of carbonyl (C=O) groups is 1. The number of fused-ring (bicyclic) bond motifs is 1. The van der Waals surface area contributed by atoms with Crippen LogP contribution in [0, 0.1) is 0 Å². The number of imidazole rings is 1. The minimum Gasteiger partial charge on any atom is -0.382 e. The van der Waals surface area contributed by atoms with Crippen LogP contribution in [0.5, 0.6) is 0 Å². The predicted octanol–water partition coefficient (Wildman–Crippen LogP) is 3.92. The van der Waals surface area contributed by atoms with Crippen LogP contribution in [0.2, 0.25) is 0 Å². The van der Waals surface area contributed by atoms with Crippen molar-refractivity contribution in [1.82, 2.24) is 14.3 Å². The number of rotatable bonds is 6. The summed E-state index contributed by atoms with van der Waals surface area (Å²) in [5.41, 5.74) is 8.72. The van der Waals surface area contributed by atoms with E-state index in [-0.39, 0.29) is 16.7 Å². The number of sulfonamides is 1. The Morgan fingerprint density at radius 1 is 1.10 bits per heavy atom. The molecule has 1 aliphatic rings. The van der Waals surface area contributed by atoms with E-state index in [9.17, 15) is 13.2 Å². The number of nitrogen functional groups attached to an aromatic ring is 1. The second-order valence-electron chi connectivity index (χ2n) is 9.36. The summed E-state index contributed by atoms with van der Waals surface area (Å²) < 4.78 is 29.3. The molecule has 0 saturated carbocycles. The number of aromatic amines is 1. The third-order valence-electron chi connectivity index (χ3n) is 7.01. The molecule has 198 valence electrons. The van der Waals surface area contributed by atoms with Crippen LogP contribution in [0.25, 0.3) is 21.2 Å². The van der Waals surface area contributed by atoms with Crippen molar-refractivity contribution in [3.8, 4) is 11.1 Å². The Morgan fingerprint density at radius 2 is 1.90 bits per heavy atom. The Hall–Kier alpha value is -4.26. The summed E-state index contributed by atoms with van der Waals surface area (Å²) in [5, 5.41) is 9.31. The fourth-order valence-corrected chi connectivity index (χ4v) is 6.65. The van der Waals surface area contributed by atoms with Crippen molar-refractivity contribution in [1.29, 1.82) is 0 Å². The minimum atomic E-state index is -3.89. The molecule has 6 N–H and O–H groups in total. The zero-order chi connectivity index (χ0) is 27.1. The van der Waals surface area contributed by atoms with Crippen LogP contribution in [0.4, 0.5) is 17.2 Å². The topological polar surface area (TPSA) is 160 Å². The summed E-state index contributed by atoms with van der Waals surface area (Å²) in [6.07, 6.45) is 4.19. The normalized spacial score (nSPS) is 17.5. The summed E-state index contributed by atoms with van der Waals surface area (Å²) in [6.45, 7) is 0.662. The van der Waals surface area contributed by atoms with Gasteiger partial charge in [-0.15, -0.1) is 0 Å². The smallest absolute Gasteiger partial charge is 0.247 e. The summed E-state index contributed by atoms with van der Waals surface area (Å²) >= 11 is 1.35. The van der Waals surface area contributed by atoms with Gasteiger partial charge in [-0.05, 0) is 59.9 Å². The van der Waals surface area contributed by atoms with Gasteiger partial charge in [0.05, 0.1) is 9.60 Å². The molecule has 39 heavy (non-hydrogen) atoms. The van der Waals surface area contributed by atoms with Gasteiger partial charge in [-0.3, -0.25) is 4.79 Å². The van der Waals surface area contributed by atoms with Crippen LogP contribution in [0.1, 0.15) is 18.2 Å². The highest BCUT2D eigenvalue weighted by Crippen LogP contribution is 2.38. The molecule has 0 radical (unpaired) electrons. The average molecular weight is 560 g/mol. The number of amides is 1. The summed E-state index contributed by atoms with van der Waals surface area (Å²) in [4.78, 5) is 23.5. The molecule has 1 aliphatic heterocycles. The molecule has 1 fully saturated rings. The largest absolute Gasteiger partial charge is 0.382 e. The van der Waals surface area contributed by atoms with E-state index in [1.807, 2.05) is 18.2 Å². The van der Waals surface area contributed by atoms with Crippen molar-refractivity contribution in [2.45, 2.75) is 23.3 Å². The number of nitrogens with two attached hydrogens (primary N) is 2. The fourth-order valence-electron chi connectivity index (χ4n) is 5.20. The van der Waals surface area contributed by atoms with Gasteiger partial charge in [0.1, 0.15) is 17.7 Å². The van der Waals surface area contributed by atoms with Gasteiger partial charge in [-0.2, -0.15) is 4.37 Å². The third kappa shape index (κ3) is 4.73. The first-order valence-electron chi connectivity index (χ1n) is 12.2. The van der Waals surface area contributed by atoms with Gasteiger partial charge in [-0.25, -0.2) is 18.5 Å². The molecule has 3 aromatic carbocycles. The lowest BCUT2D eigenvalue weighted by molar-refractivity contribution is -0.117. The maximum atomic E-state index is 13.8. The summed E-state index contributed by atoms with van der Waals surface area (Å²) in [5.74, 6) is 0.909. The first kappa shape index (κ1) is 25.0. The molecule has 5 aromatic rings. The maximum Gasteiger partial charge on any atom is 0.247 e. The second kappa shape index (κ2) is 9.80. The van der Waals surface area contributed by atoms with Crippen LogP contribution in [0.3, 0.4) is 0 Å². The Morgan fingerprint density at radius 3 is 2.64 bits per heavy atom. The van der Waals surface area contributed by atoms with E-state index in [1.54, 1.807) is 54.9 Å². The van der Waals surface area contributed by atoms with Crippen molar-refractivity contribution in [3.05, 3.63) is 84.9 Å². The average Bonchev–Trinajstić information content (AvgIpc) is 3.69. The van der Waals surface area contributed by atoms with Gasteiger partial charge < -0.3 is 20.9 Å². The highest BCUT2D eigenvalue weighted by Gasteiger charge is 2.41. The molecule has 12 heteroatoms. The molecule has 2 unspecified atom stereocenters. The molecule has 2 aromatic heterocycles. The summed E-state index contributed by atoms with van der Waals surface area (Å²) in [7, 11) is -3.89. The van der Waals surface area contributed by atoms with E-state index in [0.717, 1.165) is 28.0 Å². The lowest BCUT2D eigenvalue weighted by atomic mass is 9.98. The molecule has 2 atom stereocenters. The number of hydrogen-bond donors (Lipinski definition) is 4. The van der Waals surface area contributed by atoms with E-state index >= 15 is 0 Å². The van der Waals surface area contributed by atoms with Crippen molar-refractivity contribution in [3.63, 3.8) is 0 Å². The molecule has 0 aliphatic carbocycles.